The van der Waals surface area contributed by atoms with Crippen LogP contribution in [0.15, 0.2) is 291 Å². The predicted octanol–water partition coefficient (Wildman–Crippen LogP) is 20.8. The molecule has 0 radical (unpaired) electrons. The number of fused-ring (bicyclic) bond motifs is 6. The molecule has 10 nitrogen and oxygen atoms in total. The van der Waals surface area contributed by atoms with Crippen LogP contribution in [0.3, 0.4) is 0 Å². The highest BCUT2D eigenvalue weighted by molar-refractivity contribution is 6.09. The van der Waals surface area contributed by atoms with Gasteiger partial charge in [0.1, 0.15) is 22.1 Å². The Morgan fingerprint density at radius 3 is 0.977 bits per heavy atom. The Hall–Kier alpha value is -11.9. The first-order chi connectivity index (χ1) is 42.6. The van der Waals surface area contributed by atoms with Gasteiger partial charge in [-0.3, -0.25) is 0 Å². The fraction of sp³-hybridized carbons (Fsp3) is 0. The van der Waals surface area contributed by atoms with Crippen molar-refractivity contribution in [3.63, 3.8) is 0 Å². The lowest BCUT2D eigenvalue weighted by molar-refractivity contribution is 0.477. The van der Waals surface area contributed by atoms with E-state index < -0.39 is 0 Å². The molecule has 12 aromatic carbocycles. The molecule has 0 N–H and O–H groups in total. The lowest BCUT2D eigenvalue weighted by Crippen LogP contribution is -2.15. The molecule has 0 aliphatic carbocycles. The van der Waals surface area contributed by atoms with Gasteiger partial charge in [-0.05, 0) is 195 Å². The predicted molar refractivity (Wildman–Crippen MR) is 340 cm³/mol. The third-order valence-corrected chi connectivity index (χ3v) is 16.0. The minimum atomic E-state index is 0.512. The van der Waals surface area contributed by atoms with E-state index in [1.165, 1.54) is 0 Å². The quantitative estimate of drug-likeness (QED) is 0.131. The van der Waals surface area contributed by atoms with Crippen molar-refractivity contribution in [3.05, 3.63) is 273 Å². The maximum Gasteiger partial charge on any atom is 0.227 e. The monoisotopic (exact) mass is 1110 g/mol. The van der Waals surface area contributed by atoms with E-state index in [0.29, 0.717) is 45.9 Å². The molecule has 16 aromatic rings. The number of hydrogen-bond acceptors (Lipinski definition) is 10. The molecule has 0 bridgehead atoms. The highest BCUT2D eigenvalue weighted by Gasteiger charge is 2.29. The van der Waals surface area contributed by atoms with Gasteiger partial charge in [-0.25, -0.2) is 19.9 Å². The van der Waals surface area contributed by atoms with Gasteiger partial charge in [0.25, 0.3) is 0 Å². The van der Waals surface area contributed by atoms with Crippen LogP contribution in [0.25, 0.3) is 146 Å². The summed E-state index contributed by atoms with van der Waals surface area (Å²) in [7, 11) is 0. The summed E-state index contributed by atoms with van der Waals surface area (Å²) in [6, 6.07) is 93.0. The number of ether oxygens (including phenoxy) is 1. The Morgan fingerprint density at radius 1 is 0.244 bits per heavy atom. The average Bonchev–Trinajstić information content (AvgIpc) is 1.24. The van der Waals surface area contributed by atoms with Gasteiger partial charge in [0.15, 0.2) is 33.8 Å². The number of rotatable bonds is 10. The molecule has 0 fully saturated rings. The van der Waals surface area contributed by atoms with Crippen molar-refractivity contribution in [1.29, 1.82) is 0 Å². The van der Waals surface area contributed by atoms with E-state index in [2.05, 4.69) is 144 Å². The van der Waals surface area contributed by atoms with Crippen LogP contribution in [-0.2, 0) is 0 Å². The Morgan fingerprint density at radius 2 is 0.570 bits per heavy atom. The molecule has 5 heterocycles. The van der Waals surface area contributed by atoms with Crippen LogP contribution in [0, 0.1) is 0 Å². The summed E-state index contributed by atoms with van der Waals surface area (Å²) in [5.74, 6) is 3.62. The smallest absolute Gasteiger partial charge is 0.227 e. The second kappa shape index (κ2) is 19.9. The fourth-order valence-corrected chi connectivity index (χ4v) is 12.0. The molecular weight excluding hydrogens is 1060 g/mol. The van der Waals surface area contributed by atoms with Gasteiger partial charge in [-0.2, -0.15) is 0 Å². The first-order valence-electron chi connectivity index (χ1n) is 28.4. The second-order valence-electron chi connectivity index (χ2n) is 21.3. The molecule has 1 aliphatic rings. The highest BCUT2D eigenvalue weighted by Crippen LogP contribution is 2.54. The molecule has 0 saturated heterocycles. The Kier molecular flexibility index (Phi) is 11.3. The van der Waals surface area contributed by atoms with Gasteiger partial charge in [0.05, 0.1) is 11.4 Å². The summed E-state index contributed by atoms with van der Waals surface area (Å²) in [6.07, 6.45) is 0. The molecule has 0 amide bonds. The first-order valence-corrected chi connectivity index (χ1v) is 28.4. The number of para-hydroxylation sites is 12. The van der Waals surface area contributed by atoms with Gasteiger partial charge < -0.3 is 27.3 Å². The van der Waals surface area contributed by atoms with Crippen molar-refractivity contribution in [3.8, 4) is 113 Å². The van der Waals surface area contributed by atoms with Crippen molar-refractivity contribution < 1.29 is 22.4 Å². The lowest BCUT2D eigenvalue weighted by Gasteiger charge is -2.33. The number of anilines is 3. The van der Waals surface area contributed by atoms with Crippen molar-refractivity contribution in [2.24, 2.45) is 0 Å². The topological polar surface area (TPSA) is 117 Å². The number of aromatic nitrogens is 4. The van der Waals surface area contributed by atoms with E-state index >= 15 is 0 Å². The normalized spacial score (nSPS) is 12.0. The van der Waals surface area contributed by atoms with Gasteiger partial charge in [-0.1, -0.05) is 133 Å². The van der Waals surface area contributed by atoms with Crippen molar-refractivity contribution in [2.45, 2.75) is 0 Å². The molecule has 0 unspecified atom stereocenters. The third-order valence-electron chi connectivity index (χ3n) is 16.0. The fourth-order valence-electron chi connectivity index (χ4n) is 12.0. The molecular formula is C76H45N5O5. The lowest BCUT2D eigenvalue weighted by atomic mass is 9.78. The molecule has 1 aliphatic heterocycles. The molecule has 0 spiro atoms. The van der Waals surface area contributed by atoms with Crippen LogP contribution in [-0.4, -0.2) is 19.9 Å². The van der Waals surface area contributed by atoms with E-state index in [-0.39, 0.29) is 0 Å². The van der Waals surface area contributed by atoms with Gasteiger partial charge in [0.2, 0.25) is 23.6 Å². The zero-order valence-corrected chi connectivity index (χ0v) is 45.8. The van der Waals surface area contributed by atoms with Gasteiger partial charge >= 0.3 is 0 Å². The SMILES string of the molecule is c1cc(-c2nc3ccccc3o2)cc(-c2cc(-c3cccc(-c4nc5ccccc5o4)c3)c(-c3cccc(-c4nc5ccccc5o4)c3)c(-c3cccc(-c4nc5ccccc5o4)c3)c2-c2ccc(N3c4ccccc4Oc4ccccc43)cc2)c1. The number of benzene rings is 12. The van der Waals surface area contributed by atoms with Crippen LogP contribution >= 0.6 is 0 Å². The van der Waals surface area contributed by atoms with Crippen LogP contribution in [0.2, 0.25) is 0 Å². The van der Waals surface area contributed by atoms with Crippen LogP contribution in [0.4, 0.5) is 17.1 Å². The Labute approximate surface area is 492 Å². The average molecular weight is 1110 g/mol. The summed E-state index contributed by atoms with van der Waals surface area (Å²) >= 11 is 0. The maximum atomic E-state index is 6.55. The van der Waals surface area contributed by atoms with Gasteiger partial charge in [0, 0.05) is 27.9 Å². The Balaban J connectivity index is 0.974. The van der Waals surface area contributed by atoms with E-state index in [0.717, 1.165) is 129 Å². The molecule has 17 rings (SSSR count). The van der Waals surface area contributed by atoms with Crippen molar-refractivity contribution in [1.82, 2.24) is 19.9 Å². The number of nitrogens with zero attached hydrogens (tertiary/aromatic N) is 5. The summed E-state index contributed by atoms with van der Waals surface area (Å²) in [6.45, 7) is 0. The summed E-state index contributed by atoms with van der Waals surface area (Å²) < 4.78 is 32.6. The molecule has 404 valence electrons. The minimum Gasteiger partial charge on any atom is -0.453 e. The second-order valence-corrected chi connectivity index (χ2v) is 21.3. The molecule has 0 saturated carbocycles. The standard InChI is InChI=1S/C76H45N5O5/c1-7-31-64-58(25-1)77-73(83-64)51-21-13-17-47(41-51)56-45-57(48-18-14-22-52(42-48)74-78-59-26-2-8-32-65(59)84-74)71(49-19-15-23-53(43-49)75-79-60-27-3-9-33-66(60)85-75)72(50-20-16-24-54(44-50)76-80-61-28-4-10-34-67(61)86-76)70(56)46-37-39-55(40-38-46)81-62-29-5-11-35-68(62)82-69-36-12-6-30-63(69)81/h1-45H. The number of hydrogen-bond donors (Lipinski definition) is 0. The van der Waals surface area contributed by atoms with Crippen LogP contribution < -0.4 is 9.64 Å². The van der Waals surface area contributed by atoms with Crippen molar-refractivity contribution in [2.75, 3.05) is 4.90 Å². The molecule has 10 heteroatoms. The third kappa shape index (κ3) is 8.42. The highest BCUT2D eigenvalue weighted by atomic mass is 16.5. The molecule has 86 heavy (non-hydrogen) atoms. The maximum absolute atomic E-state index is 6.55. The van der Waals surface area contributed by atoms with Crippen molar-refractivity contribution >= 4 is 61.5 Å². The summed E-state index contributed by atoms with van der Waals surface area (Å²) in [4.78, 5) is 22.3. The van der Waals surface area contributed by atoms with Crippen LogP contribution in [0.1, 0.15) is 0 Å². The van der Waals surface area contributed by atoms with E-state index in [9.17, 15) is 0 Å². The Bertz CT molecular complexity index is 5140. The zero-order chi connectivity index (χ0) is 56.7. The zero-order valence-electron chi connectivity index (χ0n) is 45.8. The molecule has 4 aromatic heterocycles. The van der Waals surface area contributed by atoms with Crippen LogP contribution in [0.5, 0.6) is 11.5 Å². The number of oxazole rings is 4. The van der Waals surface area contributed by atoms with E-state index in [4.69, 9.17) is 42.3 Å². The first kappa shape index (κ1) is 48.8. The van der Waals surface area contributed by atoms with Gasteiger partial charge in [-0.15, -0.1) is 0 Å². The van der Waals surface area contributed by atoms with E-state index in [1.807, 2.05) is 133 Å². The largest absolute Gasteiger partial charge is 0.453 e. The summed E-state index contributed by atoms with van der Waals surface area (Å²) in [5.41, 5.74) is 21.6. The summed E-state index contributed by atoms with van der Waals surface area (Å²) in [5, 5.41) is 0. The minimum absolute atomic E-state index is 0.512. The van der Waals surface area contributed by atoms with E-state index in [1.54, 1.807) is 0 Å². The molecule has 0 atom stereocenters.